The van der Waals surface area contributed by atoms with E-state index in [1.165, 1.54) is 0 Å². The standard InChI is InChI=1S/C28H22F8O3/c1-13-19(29)9-18(10-20(13)30)39-28(35,36)26-23(33)5-15(6-24(26)34)25-21(31)7-16(8-22(25)32)27-37-11-17(12-38-27)14-3-2-4-14/h5-10,14,17,27H,2-4,11-12H2,1H3. The summed E-state index contributed by atoms with van der Waals surface area (Å²) < 4.78 is 132. The topological polar surface area (TPSA) is 27.7 Å². The average molecular weight is 558 g/mol. The van der Waals surface area contributed by atoms with Gasteiger partial charge in [-0.05, 0) is 42.7 Å². The van der Waals surface area contributed by atoms with Crippen LogP contribution in [-0.2, 0) is 15.6 Å². The third-order valence-electron chi connectivity index (χ3n) is 7.20. The molecule has 0 spiro atoms. The molecule has 1 aliphatic heterocycles. The number of hydrogen-bond donors (Lipinski definition) is 0. The summed E-state index contributed by atoms with van der Waals surface area (Å²) in [6.07, 6.45) is -2.47. The van der Waals surface area contributed by atoms with Crippen molar-refractivity contribution in [3.63, 3.8) is 0 Å². The lowest BCUT2D eigenvalue weighted by molar-refractivity contribution is -0.217. The van der Waals surface area contributed by atoms with Crippen LogP contribution in [0.3, 0.4) is 0 Å². The van der Waals surface area contributed by atoms with Gasteiger partial charge in [0.05, 0.1) is 18.8 Å². The summed E-state index contributed by atoms with van der Waals surface area (Å²) in [6.45, 7) is 1.77. The van der Waals surface area contributed by atoms with Crippen LogP contribution in [0.5, 0.6) is 5.75 Å². The van der Waals surface area contributed by atoms with Gasteiger partial charge in [0.2, 0.25) is 0 Å². The van der Waals surface area contributed by atoms with Gasteiger partial charge in [0.1, 0.15) is 46.2 Å². The summed E-state index contributed by atoms with van der Waals surface area (Å²) in [6, 6.07) is 3.24. The average Bonchev–Trinajstić information content (AvgIpc) is 2.80. The lowest BCUT2D eigenvalue weighted by Gasteiger charge is -2.38. The van der Waals surface area contributed by atoms with E-state index < -0.39 is 75.3 Å². The Balaban J connectivity index is 1.39. The van der Waals surface area contributed by atoms with Crippen LogP contribution in [0.2, 0.25) is 0 Å². The van der Waals surface area contributed by atoms with Gasteiger partial charge >= 0.3 is 6.11 Å². The Morgan fingerprint density at radius 2 is 1.26 bits per heavy atom. The number of halogens is 8. The first-order chi connectivity index (χ1) is 18.4. The highest BCUT2D eigenvalue weighted by Crippen LogP contribution is 2.41. The largest absolute Gasteiger partial charge is 0.432 e. The maximum absolute atomic E-state index is 15.0. The third-order valence-corrected chi connectivity index (χ3v) is 7.20. The molecule has 3 aromatic carbocycles. The normalized spacial score (nSPS) is 20.1. The molecule has 3 nitrogen and oxygen atoms in total. The Hall–Kier alpha value is -3.18. The Kier molecular flexibility index (Phi) is 7.32. The maximum atomic E-state index is 15.0. The fourth-order valence-electron chi connectivity index (χ4n) is 4.77. The SMILES string of the molecule is Cc1c(F)cc(OC(F)(F)c2c(F)cc(-c3c(F)cc(C4OCC(C5CCC5)CO4)cc3F)cc2F)cc1F. The van der Waals surface area contributed by atoms with Crippen LogP contribution >= 0.6 is 0 Å². The first kappa shape index (κ1) is 27.4. The summed E-state index contributed by atoms with van der Waals surface area (Å²) >= 11 is 0. The monoisotopic (exact) mass is 558 g/mol. The molecule has 0 unspecified atom stereocenters. The van der Waals surface area contributed by atoms with E-state index in [0.717, 1.165) is 38.3 Å². The molecule has 0 atom stereocenters. The molecule has 0 radical (unpaired) electrons. The van der Waals surface area contributed by atoms with E-state index in [4.69, 9.17) is 9.47 Å². The van der Waals surface area contributed by atoms with E-state index in [1.54, 1.807) is 0 Å². The van der Waals surface area contributed by atoms with Crippen molar-refractivity contribution in [2.24, 2.45) is 11.8 Å². The molecule has 39 heavy (non-hydrogen) atoms. The van der Waals surface area contributed by atoms with Crippen LogP contribution in [0.15, 0.2) is 36.4 Å². The van der Waals surface area contributed by atoms with Gasteiger partial charge in [-0.25, -0.2) is 26.3 Å². The van der Waals surface area contributed by atoms with E-state index >= 15 is 0 Å². The first-order valence-corrected chi connectivity index (χ1v) is 12.2. The van der Waals surface area contributed by atoms with Crippen molar-refractivity contribution >= 4 is 0 Å². The van der Waals surface area contributed by atoms with E-state index in [1.807, 2.05) is 0 Å². The quantitative estimate of drug-likeness (QED) is 0.286. The summed E-state index contributed by atoms with van der Waals surface area (Å²) in [5.74, 6) is -9.01. The molecule has 1 saturated heterocycles. The Morgan fingerprint density at radius 3 is 1.74 bits per heavy atom. The molecule has 208 valence electrons. The van der Waals surface area contributed by atoms with Gasteiger partial charge in [-0.1, -0.05) is 19.3 Å². The summed E-state index contributed by atoms with van der Waals surface area (Å²) in [5, 5.41) is 0. The molecule has 3 aromatic rings. The molecule has 5 rings (SSSR count). The number of benzene rings is 3. The zero-order valence-electron chi connectivity index (χ0n) is 20.5. The highest BCUT2D eigenvalue weighted by molar-refractivity contribution is 5.66. The molecule has 2 fully saturated rings. The second kappa shape index (κ2) is 10.4. The van der Waals surface area contributed by atoms with Crippen molar-refractivity contribution in [2.45, 2.75) is 38.6 Å². The van der Waals surface area contributed by atoms with Crippen molar-refractivity contribution in [1.29, 1.82) is 0 Å². The minimum absolute atomic E-state index is 0.0101. The van der Waals surface area contributed by atoms with Crippen molar-refractivity contribution in [3.05, 3.63) is 88.0 Å². The molecule has 0 amide bonds. The van der Waals surface area contributed by atoms with Gasteiger partial charge in [-0.2, -0.15) is 8.78 Å². The fourth-order valence-corrected chi connectivity index (χ4v) is 4.77. The van der Waals surface area contributed by atoms with Crippen molar-refractivity contribution in [1.82, 2.24) is 0 Å². The molecular formula is C28H22F8O3. The zero-order valence-corrected chi connectivity index (χ0v) is 20.5. The molecule has 0 N–H and O–H groups in total. The van der Waals surface area contributed by atoms with Crippen molar-refractivity contribution < 1.29 is 49.3 Å². The van der Waals surface area contributed by atoms with Crippen molar-refractivity contribution in [3.8, 4) is 16.9 Å². The Morgan fingerprint density at radius 1 is 0.718 bits per heavy atom. The minimum Gasteiger partial charge on any atom is -0.429 e. The van der Waals surface area contributed by atoms with Gasteiger partial charge in [0.25, 0.3) is 0 Å². The van der Waals surface area contributed by atoms with E-state index in [-0.39, 0.29) is 11.5 Å². The van der Waals surface area contributed by atoms with Crippen LogP contribution in [-0.4, -0.2) is 13.2 Å². The molecule has 1 saturated carbocycles. The predicted molar refractivity (Wildman–Crippen MR) is 123 cm³/mol. The van der Waals surface area contributed by atoms with Gasteiger partial charge < -0.3 is 14.2 Å². The highest BCUT2D eigenvalue weighted by atomic mass is 19.3. The maximum Gasteiger partial charge on any atom is 0.432 e. The van der Waals surface area contributed by atoms with Gasteiger partial charge in [0, 0.05) is 29.2 Å². The first-order valence-electron chi connectivity index (χ1n) is 12.2. The van der Waals surface area contributed by atoms with Crippen LogP contribution in [0.25, 0.3) is 11.1 Å². The molecular weight excluding hydrogens is 536 g/mol. The molecule has 1 aliphatic carbocycles. The lowest BCUT2D eigenvalue weighted by Crippen LogP contribution is -2.35. The molecule has 0 aromatic heterocycles. The molecule has 1 heterocycles. The second-order valence-corrected chi connectivity index (χ2v) is 9.75. The second-order valence-electron chi connectivity index (χ2n) is 9.75. The van der Waals surface area contributed by atoms with Gasteiger partial charge in [0.15, 0.2) is 6.29 Å². The van der Waals surface area contributed by atoms with E-state index in [0.29, 0.717) is 43.4 Å². The Labute approximate surface area is 218 Å². The molecule has 11 heteroatoms. The van der Waals surface area contributed by atoms with Gasteiger partial charge in [-0.3, -0.25) is 0 Å². The summed E-state index contributed by atoms with van der Waals surface area (Å²) in [5.41, 5.74) is -3.93. The van der Waals surface area contributed by atoms with Crippen LogP contribution in [0.1, 0.15) is 42.2 Å². The zero-order chi connectivity index (χ0) is 28.1. The van der Waals surface area contributed by atoms with Crippen LogP contribution < -0.4 is 4.74 Å². The number of ether oxygens (including phenoxy) is 3. The summed E-state index contributed by atoms with van der Waals surface area (Å²) in [4.78, 5) is 0. The fraction of sp³-hybridized carbons (Fsp3) is 0.357. The van der Waals surface area contributed by atoms with Crippen LogP contribution in [0, 0.1) is 53.7 Å². The van der Waals surface area contributed by atoms with E-state index in [2.05, 4.69) is 4.74 Å². The van der Waals surface area contributed by atoms with E-state index in [9.17, 15) is 35.1 Å². The Bertz CT molecular complexity index is 1330. The lowest BCUT2D eigenvalue weighted by atomic mass is 9.76. The predicted octanol–water partition coefficient (Wildman–Crippen LogP) is 8.09. The number of alkyl halides is 2. The number of rotatable bonds is 6. The molecule has 2 aliphatic rings. The number of hydrogen-bond acceptors (Lipinski definition) is 3. The smallest absolute Gasteiger partial charge is 0.429 e. The summed E-state index contributed by atoms with van der Waals surface area (Å²) in [7, 11) is 0. The highest BCUT2D eigenvalue weighted by Gasteiger charge is 2.42. The minimum atomic E-state index is -4.73. The van der Waals surface area contributed by atoms with Crippen molar-refractivity contribution in [2.75, 3.05) is 13.2 Å². The third kappa shape index (κ3) is 5.34. The van der Waals surface area contributed by atoms with Crippen LogP contribution in [0.4, 0.5) is 35.1 Å². The van der Waals surface area contributed by atoms with Gasteiger partial charge in [-0.15, -0.1) is 0 Å². The molecule has 0 bridgehead atoms.